The highest BCUT2D eigenvalue weighted by Crippen LogP contribution is 2.70. The Morgan fingerprint density at radius 1 is 1.23 bits per heavy atom. The predicted octanol–water partition coefficient (Wildman–Crippen LogP) is 3.90. The SMILES string of the molecule is CCCC1CNCC23CCC(CC2)C2Oc4ccccc4C123. The fourth-order valence-electron chi connectivity index (χ4n) is 6.79. The molecule has 3 atom stereocenters. The zero-order chi connectivity index (χ0) is 14.8. The third-order valence-corrected chi connectivity index (χ3v) is 7.46. The molecule has 2 aliphatic heterocycles. The Balaban J connectivity index is 1.76. The lowest BCUT2D eigenvalue weighted by Crippen LogP contribution is -2.71. The van der Waals surface area contributed by atoms with Crippen LogP contribution in [0.5, 0.6) is 5.75 Å². The summed E-state index contributed by atoms with van der Waals surface area (Å²) in [6, 6.07) is 9.00. The lowest BCUT2D eigenvalue weighted by atomic mass is 9.40. The van der Waals surface area contributed by atoms with E-state index >= 15 is 0 Å². The van der Waals surface area contributed by atoms with Crippen molar-refractivity contribution in [2.24, 2.45) is 17.3 Å². The van der Waals surface area contributed by atoms with Gasteiger partial charge in [-0.2, -0.15) is 0 Å². The van der Waals surface area contributed by atoms with Crippen LogP contribution >= 0.6 is 0 Å². The van der Waals surface area contributed by atoms with E-state index in [2.05, 4.69) is 36.5 Å². The number of ether oxygens (including phenoxy) is 1. The summed E-state index contributed by atoms with van der Waals surface area (Å²) in [6.45, 7) is 4.72. The summed E-state index contributed by atoms with van der Waals surface area (Å²) in [6.07, 6.45) is 8.62. The van der Waals surface area contributed by atoms with E-state index in [0.717, 1.165) is 11.8 Å². The van der Waals surface area contributed by atoms with Gasteiger partial charge >= 0.3 is 0 Å². The summed E-state index contributed by atoms with van der Waals surface area (Å²) in [4.78, 5) is 0. The van der Waals surface area contributed by atoms with Crippen LogP contribution < -0.4 is 10.1 Å². The molecule has 0 amide bonds. The third-order valence-electron chi connectivity index (χ3n) is 7.46. The van der Waals surface area contributed by atoms with Crippen LogP contribution in [0.1, 0.15) is 51.0 Å². The molecule has 4 fully saturated rings. The van der Waals surface area contributed by atoms with Gasteiger partial charge in [0.1, 0.15) is 11.9 Å². The third kappa shape index (κ3) is 1.37. The van der Waals surface area contributed by atoms with Gasteiger partial charge in [-0.25, -0.2) is 0 Å². The van der Waals surface area contributed by atoms with Crippen molar-refractivity contribution in [2.75, 3.05) is 13.1 Å². The second-order valence-electron chi connectivity index (χ2n) is 8.14. The molecule has 0 radical (unpaired) electrons. The summed E-state index contributed by atoms with van der Waals surface area (Å²) in [5, 5.41) is 3.82. The maximum absolute atomic E-state index is 6.65. The van der Waals surface area contributed by atoms with Crippen molar-refractivity contribution >= 4 is 0 Å². The van der Waals surface area contributed by atoms with E-state index in [1.807, 2.05) is 0 Å². The molecule has 2 nitrogen and oxygen atoms in total. The number of piperidine rings is 1. The van der Waals surface area contributed by atoms with Crippen LogP contribution in [0.2, 0.25) is 0 Å². The van der Waals surface area contributed by atoms with Gasteiger partial charge in [-0.1, -0.05) is 31.5 Å². The number of hydrogen-bond acceptors (Lipinski definition) is 2. The maximum atomic E-state index is 6.65. The molecule has 22 heavy (non-hydrogen) atoms. The lowest BCUT2D eigenvalue weighted by Gasteiger charge is -2.66. The van der Waals surface area contributed by atoms with Crippen molar-refractivity contribution in [1.29, 1.82) is 0 Å². The van der Waals surface area contributed by atoms with Crippen LogP contribution in [0.3, 0.4) is 0 Å². The van der Waals surface area contributed by atoms with Crippen LogP contribution in [0.4, 0.5) is 0 Å². The minimum Gasteiger partial charge on any atom is -0.489 e. The Bertz CT molecular complexity index is 582. The van der Waals surface area contributed by atoms with Crippen LogP contribution in [-0.2, 0) is 5.41 Å². The molecule has 2 heteroatoms. The number of nitrogens with one attached hydrogen (secondary N) is 1. The molecule has 3 aliphatic carbocycles. The summed E-state index contributed by atoms with van der Waals surface area (Å²) in [5.74, 6) is 2.73. The Labute approximate surface area is 133 Å². The van der Waals surface area contributed by atoms with Gasteiger partial charge in [-0.05, 0) is 62.0 Å². The molecule has 1 saturated heterocycles. The first-order chi connectivity index (χ1) is 10.8. The first-order valence-corrected chi connectivity index (χ1v) is 9.29. The van der Waals surface area contributed by atoms with E-state index < -0.39 is 0 Å². The van der Waals surface area contributed by atoms with Crippen molar-refractivity contribution in [2.45, 2.75) is 57.0 Å². The number of para-hydroxylation sites is 1. The molecule has 2 bridgehead atoms. The standard InChI is InChI=1S/C20H27NO/c1-2-5-15-12-21-13-19-10-8-14(9-11-19)18-20(15,19)16-6-3-4-7-17(16)22-18/h3-4,6-7,14-15,18,21H,2,5,8-13H2,1H3. The molecule has 1 aromatic carbocycles. The summed E-state index contributed by atoms with van der Waals surface area (Å²) < 4.78 is 6.65. The van der Waals surface area contributed by atoms with Crippen molar-refractivity contribution < 1.29 is 4.74 Å². The number of fused-ring (bicyclic) bond motifs is 3. The fourth-order valence-corrected chi connectivity index (χ4v) is 6.79. The second-order valence-corrected chi connectivity index (χ2v) is 8.14. The highest BCUT2D eigenvalue weighted by Gasteiger charge is 2.71. The van der Waals surface area contributed by atoms with Gasteiger partial charge in [0.15, 0.2) is 0 Å². The van der Waals surface area contributed by atoms with Crippen molar-refractivity contribution in [3.05, 3.63) is 29.8 Å². The van der Waals surface area contributed by atoms with E-state index in [-0.39, 0.29) is 0 Å². The maximum Gasteiger partial charge on any atom is 0.123 e. The molecule has 1 N–H and O–H groups in total. The quantitative estimate of drug-likeness (QED) is 0.894. The van der Waals surface area contributed by atoms with Crippen molar-refractivity contribution in [3.8, 4) is 5.75 Å². The zero-order valence-corrected chi connectivity index (χ0v) is 13.6. The van der Waals surface area contributed by atoms with Crippen LogP contribution in [0, 0.1) is 17.3 Å². The Kier molecular flexibility index (Phi) is 2.75. The molecule has 5 aliphatic rings. The fraction of sp³-hybridized carbons (Fsp3) is 0.700. The normalized spacial score (nSPS) is 44.9. The van der Waals surface area contributed by atoms with E-state index in [9.17, 15) is 0 Å². The molecule has 0 aromatic heterocycles. The van der Waals surface area contributed by atoms with Gasteiger partial charge in [-0.3, -0.25) is 0 Å². The minimum absolute atomic E-state index is 0.298. The number of rotatable bonds is 2. The first-order valence-electron chi connectivity index (χ1n) is 9.29. The average Bonchev–Trinajstić information content (AvgIpc) is 2.93. The molecule has 6 rings (SSSR count). The first kappa shape index (κ1) is 13.4. The van der Waals surface area contributed by atoms with Gasteiger partial charge in [0.25, 0.3) is 0 Å². The zero-order valence-electron chi connectivity index (χ0n) is 13.6. The Hall–Kier alpha value is -1.02. The summed E-state index contributed by atoms with van der Waals surface area (Å²) in [7, 11) is 0. The molecule has 118 valence electrons. The summed E-state index contributed by atoms with van der Waals surface area (Å²) >= 11 is 0. The molecule has 3 unspecified atom stereocenters. The van der Waals surface area contributed by atoms with Crippen LogP contribution in [0.15, 0.2) is 24.3 Å². The second kappa shape index (κ2) is 4.50. The van der Waals surface area contributed by atoms with Crippen molar-refractivity contribution in [1.82, 2.24) is 5.32 Å². The van der Waals surface area contributed by atoms with E-state index in [4.69, 9.17) is 4.74 Å². The van der Waals surface area contributed by atoms with Crippen LogP contribution in [-0.4, -0.2) is 19.2 Å². The summed E-state index contributed by atoms with van der Waals surface area (Å²) in [5.41, 5.74) is 2.30. The highest BCUT2D eigenvalue weighted by atomic mass is 16.5. The van der Waals surface area contributed by atoms with E-state index in [0.29, 0.717) is 16.9 Å². The highest BCUT2D eigenvalue weighted by molar-refractivity contribution is 5.50. The predicted molar refractivity (Wildman–Crippen MR) is 88.2 cm³/mol. The minimum atomic E-state index is 0.298. The van der Waals surface area contributed by atoms with Crippen LogP contribution in [0.25, 0.3) is 0 Å². The smallest absolute Gasteiger partial charge is 0.123 e. The monoisotopic (exact) mass is 297 g/mol. The Morgan fingerprint density at radius 3 is 2.86 bits per heavy atom. The van der Waals surface area contributed by atoms with E-state index in [1.165, 1.54) is 57.4 Å². The molecular weight excluding hydrogens is 270 g/mol. The number of hydrogen-bond donors (Lipinski definition) is 1. The van der Waals surface area contributed by atoms with Gasteiger partial charge in [0.05, 0.1) is 0 Å². The number of benzene rings is 1. The van der Waals surface area contributed by atoms with Gasteiger partial charge in [0.2, 0.25) is 0 Å². The lowest BCUT2D eigenvalue weighted by molar-refractivity contribution is -0.146. The molecule has 1 aromatic rings. The average molecular weight is 297 g/mol. The van der Waals surface area contributed by atoms with Gasteiger partial charge < -0.3 is 10.1 Å². The van der Waals surface area contributed by atoms with Crippen molar-refractivity contribution in [3.63, 3.8) is 0 Å². The van der Waals surface area contributed by atoms with E-state index in [1.54, 1.807) is 5.56 Å². The van der Waals surface area contributed by atoms with Gasteiger partial charge in [0, 0.05) is 17.5 Å². The molecule has 2 spiro atoms. The molecular formula is C20H27NO. The van der Waals surface area contributed by atoms with Gasteiger partial charge in [-0.15, -0.1) is 0 Å². The largest absolute Gasteiger partial charge is 0.489 e. The Morgan fingerprint density at radius 2 is 2.05 bits per heavy atom. The topological polar surface area (TPSA) is 21.3 Å². The molecule has 2 heterocycles. The molecule has 3 saturated carbocycles.